The molecule has 0 aliphatic heterocycles. The zero-order valence-electron chi connectivity index (χ0n) is 17.8. The predicted octanol–water partition coefficient (Wildman–Crippen LogP) is 7.27. The Labute approximate surface area is 161 Å². The van der Waals surface area contributed by atoms with Crippen LogP contribution in [0, 0.1) is 13.8 Å². The van der Waals surface area contributed by atoms with Crippen LogP contribution in [0.15, 0.2) is 48.5 Å². The second-order valence-electron chi connectivity index (χ2n) is 6.85. The first-order valence-corrected chi connectivity index (χ1v) is 10.0. The zero-order valence-corrected chi connectivity index (χ0v) is 17.8. The van der Waals surface area contributed by atoms with Gasteiger partial charge in [0.15, 0.2) is 0 Å². The van der Waals surface area contributed by atoms with Crippen LogP contribution in [-0.4, -0.2) is 5.78 Å². The lowest BCUT2D eigenvalue weighted by Crippen LogP contribution is -1.97. The molecule has 0 aliphatic carbocycles. The lowest BCUT2D eigenvalue weighted by Gasteiger charge is -2.00. The van der Waals surface area contributed by atoms with E-state index >= 15 is 0 Å². The molecule has 0 fully saturated rings. The molecule has 0 heterocycles. The maximum Gasteiger partial charge on any atom is 0.134 e. The number of aryl methyl sites for hydroxylation is 3. The molecule has 2 aromatic rings. The van der Waals surface area contributed by atoms with E-state index in [9.17, 15) is 4.79 Å². The third-order valence-corrected chi connectivity index (χ3v) is 4.15. The van der Waals surface area contributed by atoms with Crippen LogP contribution in [0.2, 0.25) is 0 Å². The number of unbranched alkanes of at least 4 members (excludes halogenated alkanes) is 3. The second kappa shape index (κ2) is 15.4. The van der Waals surface area contributed by atoms with Gasteiger partial charge in [-0.25, -0.2) is 0 Å². The van der Waals surface area contributed by atoms with Crippen molar-refractivity contribution in [3.05, 3.63) is 70.8 Å². The number of carbonyl (C=O) groups is 1. The largest absolute Gasteiger partial charge is 0.300 e. The summed E-state index contributed by atoms with van der Waals surface area (Å²) in [6.45, 7) is 12.4. The number of hydrogen-bond acceptors (Lipinski definition) is 1. The first kappa shape index (κ1) is 24.1. The van der Waals surface area contributed by atoms with E-state index in [4.69, 9.17) is 0 Å². The highest BCUT2D eigenvalue weighted by atomic mass is 16.1. The van der Waals surface area contributed by atoms with Crippen molar-refractivity contribution in [1.29, 1.82) is 0 Å². The smallest absolute Gasteiger partial charge is 0.134 e. The van der Waals surface area contributed by atoms with Crippen molar-refractivity contribution in [3.8, 4) is 0 Å². The molecule has 0 N–H and O–H groups in total. The van der Waals surface area contributed by atoms with Crippen LogP contribution in [0.25, 0.3) is 0 Å². The van der Waals surface area contributed by atoms with Gasteiger partial charge in [-0.15, -0.1) is 0 Å². The van der Waals surface area contributed by atoms with Crippen molar-refractivity contribution in [2.75, 3.05) is 0 Å². The van der Waals surface area contributed by atoms with Crippen molar-refractivity contribution in [3.63, 3.8) is 0 Å². The van der Waals surface area contributed by atoms with Crippen LogP contribution in [0.4, 0.5) is 0 Å². The van der Waals surface area contributed by atoms with Gasteiger partial charge in [0.2, 0.25) is 0 Å². The summed E-state index contributed by atoms with van der Waals surface area (Å²) in [5.74, 6) is 0.222. The van der Waals surface area contributed by atoms with Gasteiger partial charge in [0.05, 0.1) is 0 Å². The van der Waals surface area contributed by atoms with E-state index in [1.54, 1.807) is 6.92 Å². The van der Waals surface area contributed by atoms with Crippen molar-refractivity contribution in [2.24, 2.45) is 0 Å². The monoisotopic (exact) mass is 354 g/mol. The minimum atomic E-state index is 0.222. The standard InChI is InChI=1S/C10H12O.C9H12.C6H14/c1-8-5-3-4-6-10(8)7-9(2)11;1-3-9-6-4-5-8(2)7-9;1-3-5-6-4-2/h3-6H,7H2,1-2H3;4-7H,3H2,1-2H3;3-6H2,1-2H3. The summed E-state index contributed by atoms with van der Waals surface area (Å²) >= 11 is 0. The highest BCUT2D eigenvalue weighted by molar-refractivity contribution is 5.78. The molecule has 0 unspecified atom stereocenters. The Kier molecular flexibility index (Phi) is 14.3. The molecule has 0 bridgehead atoms. The highest BCUT2D eigenvalue weighted by Gasteiger charge is 1.98. The number of benzene rings is 2. The molecule has 0 saturated heterocycles. The van der Waals surface area contributed by atoms with E-state index in [1.807, 2.05) is 31.2 Å². The maximum absolute atomic E-state index is 10.8. The highest BCUT2D eigenvalue weighted by Crippen LogP contribution is 2.07. The van der Waals surface area contributed by atoms with E-state index in [0.717, 1.165) is 12.0 Å². The van der Waals surface area contributed by atoms with Crippen LogP contribution in [0.5, 0.6) is 0 Å². The topological polar surface area (TPSA) is 17.1 Å². The molecule has 1 nitrogen and oxygen atoms in total. The lowest BCUT2D eigenvalue weighted by molar-refractivity contribution is -0.116. The molecule has 0 atom stereocenters. The van der Waals surface area contributed by atoms with E-state index in [-0.39, 0.29) is 5.78 Å². The van der Waals surface area contributed by atoms with Crippen LogP contribution >= 0.6 is 0 Å². The van der Waals surface area contributed by atoms with Gasteiger partial charge in [0, 0.05) is 6.42 Å². The minimum absolute atomic E-state index is 0.222. The molecule has 0 saturated carbocycles. The van der Waals surface area contributed by atoms with E-state index in [1.165, 1.54) is 42.4 Å². The Balaban J connectivity index is 0.000000378. The summed E-state index contributed by atoms with van der Waals surface area (Å²) < 4.78 is 0. The van der Waals surface area contributed by atoms with Gasteiger partial charge < -0.3 is 0 Å². The Morgan fingerprint density at radius 3 is 1.88 bits per heavy atom. The van der Waals surface area contributed by atoms with Gasteiger partial charge in [0.25, 0.3) is 0 Å². The normalized spacial score (nSPS) is 9.46. The van der Waals surface area contributed by atoms with Crippen LogP contribution < -0.4 is 0 Å². The van der Waals surface area contributed by atoms with Crippen molar-refractivity contribution >= 4 is 5.78 Å². The maximum atomic E-state index is 10.8. The van der Waals surface area contributed by atoms with Crippen molar-refractivity contribution in [1.82, 2.24) is 0 Å². The summed E-state index contributed by atoms with van der Waals surface area (Å²) in [6, 6.07) is 16.6. The van der Waals surface area contributed by atoms with E-state index in [0.29, 0.717) is 6.42 Å². The van der Waals surface area contributed by atoms with Gasteiger partial charge in [-0.1, -0.05) is 101 Å². The van der Waals surface area contributed by atoms with E-state index < -0.39 is 0 Å². The fraction of sp³-hybridized carbons (Fsp3) is 0.480. The van der Waals surface area contributed by atoms with Gasteiger partial charge in [0.1, 0.15) is 5.78 Å². The zero-order chi connectivity index (χ0) is 19.8. The van der Waals surface area contributed by atoms with Crippen LogP contribution in [0.3, 0.4) is 0 Å². The van der Waals surface area contributed by atoms with Gasteiger partial charge in [-0.2, -0.15) is 0 Å². The fourth-order valence-electron chi connectivity index (χ4n) is 2.51. The van der Waals surface area contributed by atoms with Crippen LogP contribution in [0.1, 0.15) is 75.6 Å². The third kappa shape index (κ3) is 12.5. The Bertz CT molecular complexity index is 609. The number of hydrogen-bond donors (Lipinski definition) is 0. The molecule has 0 amide bonds. The average Bonchev–Trinajstić information content (AvgIpc) is 2.62. The third-order valence-electron chi connectivity index (χ3n) is 4.15. The number of ketones is 1. The van der Waals surface area contributed by atoms with Gasteiger partial charge in [-0.05, 0) is 43.9 Å². The summed E-state index contributed by atoms with van der Waals surface area (Å²) in [4.78, 5) is 10.8. The van der Waals surface area contributed by atoms with E-state index in [2.05, 4.69) is 52.0 Å². The number of Topliss-reactive ketones (excluding diaryl/α,β-unsaturated/α-hetero) is 1. The number of carbonyl (C=O) groups excluding carboxylic acids is 1. The van der Waals surface area contributed by atoms with Crippen molar-refractivity contribution in [2.45, 2.75) is 80.1 Å². The summed E-state index contributed by atoms with van der Waals surface area (Å²) in [5, 5.41) is 0. The van der Waals surface area contributed by atoms with Crippen LogP contribution in [-0.2, 0) is 17.6 Å². The predicted molar refractivity (Wildman–Crippen MR) is 116 cm³/mol. The summed E-state index contributed by atoms with van der Waals surface area (Å²) in [7, 11) is 0. The SMILES string of the molecule is CC(=O)Cc1ccccc1C.CCCCCC.CCc1cccc(C)c1. The fourth-order valence-corrected chi connectivity index (χ4v) is 2.51. The quantitative estimate of drug-likeness (QED) is 0.498. The second-order valence-corrected chi connectivity index (χ2v) is 6.85. The Hall–Kier alpha value is -1.89. The van der Waals surface area contributed by atoms with Gasteiger partial charge >= 0.3 is 0 Å². The molecule has 0 aliphatic rings. The summed E-state index contributed by atoms with van der Waals surface area (Å²) in [6.07, 6.45) is 7.24. The minimum Gasteiger partial charge on any atom is -0.300 e. The summed E-state index contributed by atoms with van der Waals surface area (Å²) in [5.41, 5.74) is 5.12. The first-order valence-electron chi connectivity index (χ1n) is 10.0. The van der Waals surface area contributed by atoms with Gasteiger partial charge in [-0.3, -0.25) is 4.79 Å². The molecule has 2 aromatic carbocycles. The molecule has 2 rings (SSSR count). The Morgan fingerprint density at radius 2 is 1.46 bits per heavy atom. The average molecular weight is 355 g/mol. The molecule has 0 radical (unpaired) electrons. The molecular weight excluding hydrogens is 316 g/mol. The lowest BCUT2D eigenvalue weighted by atomic mass is 10.0. The molecular formula is C25H38O. The Morgan fingerprint density at radius 1 is 0.846 bits per heavy atom. The molecule has 0 spiro atoms. The molecule has 0 aromatic heterocycles. The molecule has 144 valence electrons. The molecule has 1 heteroatoms. The number of rotatable bonds is 6. The first-order chi connectivity index (χ1) is 12.4. The van der Waals surface area contributed by atoms with Crippen molar-refractivity contribution < 1.29 is 4.79 Å². The molecule has 26 heavy (non-hydrogen) atoms.